The molecule has 0 radical (unpaired) electrons. The van der Waals surface area contributed by atoms with Gasteiger partial charge < -0.3 is 9.80 Å². The molecule has 194 valence electrons. The number of rotatable bonds is 3. The van der Waals surface area contributed by atoms with E-state index in [-0.39, 0.29) is 11.8 Å². The highest BCUT2D eigenvalue weighted by Gasteiger charge is 2.35. The molecule has 0 N–H and O–H groups in total. The maximum Gasteiger partial charge on any atom is 0.255 e. The zero-order valence-corrected chi connectivity index (χ0v) is 22.1. The molecule has 2 atom stereocenters. The van der Waals surface area contributed by atoms with Crippen LogP contribution in [0.4, 0.5) is 0 Å². The van der Waals surface area contributed by atoms with Crippen LogP contribution in [0.1, 0.15) is 55.8 Å². The number of carbonyl (C=O) groups excluding carboxylic acids is 2. The normalized spacial score (nSPS) is 24.0. The first kappa shape index (κ1) is 24.4. The summed E-state index contributed by atoms with van der Waals surface area (Å²) in [6.45, 7) is 7.65. The molecule has 5 heteroatoms. The first-order chi connectivity index (χ1) is 18.1. The molecule has 37 heavy (non-hydrogen) atoms. The van der Waals surface area contributed by atoms with Crippen LogP contribution in [0.5, 0.6) is 0 Å². The second-order valence-corrected chi connectivity index (χ2v) is 11.6. The van der Waals surface area contributed by atoms with E-state index >= 15 is 0 Å². The van der Waals surface area contributed by atoms with Crippen molar-refractivity contribution in [2.24, 2.45) is 11.8 Å². The van der Waals surface area contributed by atoms with Crippen molar-refractivity contribution in [1.82, 2.24) is 14.7 Å². The predicted octanol–water partition coefficient (Wildman–Crippen LogP) is 5.57. The Morgan fingerprint density at radius 3 is 2.05 bits per heavy atom. The summed E-state index contributed by atoms with van der Waals surface area (Å²) in [5, 5.41) is 4.31. The average molecular weight is 498 g/mol. The lowest BCUT2D eigenvalue weighted by atomic mass is 9.91. The number of hydrogen-bond acceptors (Lipinski definition) is 3. The van der Waals surface area contributed by atoms with Crippen LogP contribution in [-0.4, -0.2) is 71.8 Å². The number of likely N-dealkylation sites (tertiary alicyclic amines) is 3. The Balaban J connectivity index is 1.14. The lowest BCUT2D eigenvalue weighted by molar-refractivity contribution is -0.139. The van der Waals surface area contributed by atoms with Gasteiger partial charge in [-0.05, 0) is 78.6 Å². The lowest BCUT2D eigenvalue weighted by Crippen LogP contribution is -2.52. The van der Waals surface area contributed by atoms with Gasteiger partial charge in [0.25, 0.3) is 5.91 Å². The van der Waals surface area contributed by atoms with Crippen molar-refractivity contribution in [2.45, 2.75) is 51.5 Å². The zero-order chi connectivity index (χ0) is 25.4. The molecule has 3 saturated heterocycles. The minimum absolute atomic E-state index is 0.140. The van der Waals surface area contributed by atoms with E-state index < -0.39 is 0 Å². The zero-order valence-electron chi connectivity index (χ0n) is 22.1. The molecule has 3 aliphatic rings. The monoisotopic (exact) mass is 497 g/mol. The number of amides is 2. The molecule has 1 unspecified atom stereocenters. The van der Waals surface area contributed by atoms with E-state index in [9.17, 15) is 9.59 Å². The van der Waals surface area contributed by atoms with Gasteiger partial charge >= 0.3 is 0 Å². The second kappa shape index (κ2) is 10.4. The molecule has 3 heterocycles. The SMILES string of the molecule is CC1CCCN(C(=O)[C@@H]2CCCN(C3CCN(C(=O)c4c5ccccc5cc5ccccc45)CC3)C2)C1. The molecule has 2 amide bonds. The van der Waals surface area contributed by atoms with Crippen molar-refractivity contribution in [3.8, 4) is 0 Å². The molecule has 3 fully saturated rings. The van der Waals surface area contributed by atoms with Crippen LogP contribution in [0.3, 0.4) is 0 Å². The summed E-state index contributed by atoms with van der Waals surface area (Å²) in [5.41, 5.74) is 0.839. The van der Waals surface area contributed by atoms with Crippen LogP contribution in [-0.2, 0) is 4.79 Å². The van der Waals surface area contributed by atoms with Crippen LogP contribution < -0.4 is 0 Å². The fraction of sp³-hybridized carbons (Fsp3) is 0.500. The van der Waals surface area contributed by atoms with Gasteiger partial charge in [0.05, 0.1) is 11.5 Å². The molecule has 0 saturated carbocycles. The smallest absolute Gasteiger partial charge is 0.255 e. The minimum Gasteiger partial charge on any atom is -0.342 e. The lowest BCUT2D eigenvalue weighted by Gasteiger charge is -2.43. The number of benzene rings is 3. The van der Waals surface area contributed by atoms with Crippen molar-refractivity contribution in [3.63, 3.8) is 0 Å². The van der Waals surface area contributed by atoms with Crippen molar-refractivity contribution in [1.29, 1.82) is 0 Å². The molecule has 3 aromatic carbocycles. The van der Waals surface area contributed by atoms with Gasteiger partial charge in [0.1, 0.15) is 0 Å². The molecule has 3 aromatic rings. The van der Waals surface area contributed by atoms with Gasteiger partial charge in [0, 0.05) is 38.8 Å². The topological polar surface area (TPSA) is 43.9 Å². The Kier molecular flexibility index (Phi) is 6.90. The van der Waals surface area contributed by atoms with Crippen LogP contribution in [0.2, 0.25) is 0 Å². The van der Waals surface area contributed by atoms with Crippen molar-refractivity contribution >= 4 is 33.4 Å². The van der Waals surface area contributed by atoms with E-state index in [1.165, 1.54) is 6.42 Å². The third-order valence-electron chi connectivity index (χ3n) is 9.02. The van der Waals surface area contributed by atoms with E-state index in [1.807, 2.05) is 24.3 Å². The van der Waals surface area contributed by atoms with E-state index in [0.29, 0.717) is 17.9 Å². The molecular formula is C32H39N3O2. The van der Waals surface area contributed by atoms with E-state index in [4.69, 9.17) is 0 Å². The maximum atomic E-state index is 13.9. The van der Waals surface area contributed by atoms with Crippen LogP contribution >= 0.6 is 0 Å². The molecule has 6 rings (SSSR count). The molecule has 3 aliphatic heterocycles. The van der Waals surface area contributed by atoms with Crippen LogP contribution in [0, 0.1) is 11.8 Å². The standard InChI is InChI=1S/C32H39N3O2/c1-23-8-6-17-35(21-23)31(36)26-11-7-16-34(22-26)27-14-18-33(19-15-27)32(37)30-28-12-4-2-9-24(28)20-25-10-3-5-13-29(25)30/h2-5,9-10,12-13,20,23,26-27H,6-8,11,14-19,21-22H2,1H3/t23?,26-/m1/s1. The second-order valence-electron chi connectivity index (χ2n) is 11.6. The highest BCUT2D eigenvalue weighted by atomic mass is 16.2. The fourth-order valence-electron chi connectivity index (χ4n) is 7.02. The van der Waals surface area contributed by atoms with E-state index in [0.717, 1.165) is 98.5 Å². The summed E-state index contributed by atoms with van der Waals surface area (Å²) in [6, 6.07) is 19.1. The Morgan fingerprint density at radius 1 is 0.730 bits per heavy atom. The molecule has 0 spiro atoms. The number of carbonyl (C=O) groups is 2. The highest BCUT2D eigenvalue weighted by Crippen LogP contribution is 2.32. The third-order valence-corrected chi connectivity index (χ3v) is 9.02. The number of hydrogen-bond donors (Lipinski definition) is 0. The van der Waals surface area contributed by atoms with Gasteiger partial charge in [0.15, 0.2) is 0 Å². The quantitative estimate of drug-likeness (QED) is 0.445. The summed E-state index contributed by atoms with van der Waals surface area (Å²) < 4.78 is 0. The summed E-state index contributed by atoms with van der Waals surface area (Å²) in [5.74, 6) is 1.29. The van der Waals surface area contributed by atoms with Crippen molar-refractivity contribution in [3.05, 3.63) is 60.2 Å². The molecular weight excluding hydrogens is 458 g/mol. The largest absolute Gasteiger partial charge is 0.342 e. The maximum absolute atomic E-state index is 13.9. The molecule has 0 aliphatic carbocycles. The van der Waals surface area contributed by atoms with Gasteiger partial charge in [-0.3, -0.25) is 14.5 Å². The van der Waals surface area contributed by atoms with Gasteiger partial charge in [-0.1, -0.05) is 55.5 Å². The van der Waals surface area contributed by atoms with E-state index in [2.05, 4.69) is 52.0 Å². The summed E-state index contributed by atoms with van der Waals surface area (Å²) in [4.78, 5) is 34.0. The first-order valence-electron chi connectivity index (χ1n) is 14.3. The Bertz CT molecular complexity index is 1240. The van der Waals surface area contributed by atoms with Crippen molar-refractivity contribution < 1.29 is 9.59 Å². The number of nitrogens with zero attached hydrogens (tertiary/aromatic N) is 3. The molecule has 0 aromatic heterocycles. The Labute approximate surface area is 220 Å². The number of fused-ring (bicyclic) bond motifs is 2. The third kappa shape index (κ3) is 4.86. The first-order valence-corrected chi connectivity index (χ1v) is 14.3. The van der Waals surface area contributed by atoms with E-state index in [1.54, 1.807) is 0 Å². The van der Waals surface area contributed by atoms with Gasteiger partial charge in [0.2, 0.25) is 5.91 Å². The average Bonchev–Trinajstić information content (AvgIpc) is 2.95. The van der Waals surface area contributed by atoms with Crippen molar-refractivity contribution in [2.75, 3.05) is 39.3 Å². The minimum atomic E-state index is 0.140. The Morgan fingerprint density at radius 2 is 1.38 bits per heavy atom. The molecule has 0 bridgehead atoms. The summed E-state index contributed by atoms with van der Waals surface area (Å²) in [6.07, 6.45) is 6.47. The van der Waals surface area contributed by atoms with Crippen LogP contribution in [0.15, 0.2) is 54.6 Å². The summed E-state index contributed by atoms with van der Waals surface area (Å²) in [7, 11) is 0. The fourth-order valence-corrected chi connectivity index (χ4v) is 7.02. The van der Waals surface area contributed by atoms with Gasteiger partial charge in [-0.15, -0.1) is 0 Å². The summed E-state index contributed by atoms with van der Waals surface area (Å²) >= 11 is 0. The van der Waals surface area contributed by atoms with Crippen LogP contribution in [0.25, 0.3) is 21.5 Å². The predicted molar refractivity (Wildman–Crippen MR) is 150 cm³/mol. The highest BCUT2D eigenvalue weighted by molar-refractivity contribution is 6.18. The number of piperidine rings is 3. The Hall–Kier alpha value is -2.92. The van der Waals surface area contributed by atoms with Gasteiger partial charge in [-0.2, -0.15) is 0 Å². The van der Waals surface area contributed by atoms with Gasteiger partial charge in [-0.25, -0.2) is 0 Å². The molecule has 5 nitrogen and oxygen atoms in total.